The van der Waals surface area contributed by atoms with Gasteiger partial charge in [0.2, 0.25) is 0 Å². The van der Waals surface area contributed by atoms with Crippen LogP contribution in [0.25, 0.3) is 0 Å². The van der Waals surface area contributed by atoms with E-state index < -0.39 is 0 Å². The van der Waals surface area contributed by atoms with Crippen LogP contribution < -0.4 is 4.90 Å². The maximum atomic E-state index is 5.71. The highest BCUT2D eigenvalue weighted by Gasteiger charge is 2.03. The van der Waals surface area contributed by atoms with Crippen LogP contribution in [0.5, 0.6) is 0 Å². The van der Waals surface area contributed by atoms with Crippen molar-refractivity contribution < 1.29 is 0 Å². The smallest absolute Gasteiger partial charge is 0.151 e. The van der Waals surface area contributed by atoms with E-state index in [0.29, 0.717) is 5.15 Å². The minimum absolute atomic E-state index is 0.425. The van der Waals surface area contributed by atoms with E-state index in [2.05, 4.69) is 46.3 Å². The van der Waals surface area contributed by atoms with Crippen molar-refractivity contribution in [3.05, 3.63) is 52.8 Å². The monoisotopic (exact) mass is 261 g/mol. The molecule has 0 radical (unpaired) electrons. The van der Waals surface area contributed by atoms with Crippen molar-refractivity contribution in [1.29, 1.82) is 0 Å². The third-order valence-electron chi connectivity index (χ3n) is 2.87. The normalized spacial score (nSPS) is 10.4. The van der Waals surface area contributed by atoms with Gasteiger partial charge < -0.3 is 4.90 Å². The lowest BCUT2D eigenvalue weighted by Crippen LogP contribution is -2.17. The number of aryl methyl sites for hydroxylation is 1. The minimum atomic E-state index is 0.425. The van der Waals surface area contributed by atoms with Crippen LogP contribution in [-0.2, 0) is 13.0 Å². The number of nitrogens with zero attached hydrogens (tertiary/aromatic N) is 3. The predicted octanol–water partition coefficient (Wildman–Crippen LogP) is 3.33. The van der Waals surface area contributed by atoms with E-state index in [1.807, 2.05) is 13.1 Å². The van der Waals surface area contributed by atoms with Crippen LogP contribution in [0.1, 0.15) is 18.2 Å². The second kappa shape index (κ2) is 5.83. The van der Waals surface area contributed by atoms with Gasteiger partial charge in [-0.1, -0.05) is 30.7 Å². The number of hydrogen-bond donors (Lipinski definition) is 0. The molecule has 0 bridgehead atoms. The summed E-state index contributed by atoms with van der Waals surface area (Å²) in [5, 5.41) is 8.32. The Bertz CT molecular complexity index is 493. The zero-order valence-corrected chi connectivity index (χ0v) is 11.4. The summed E-state index contributed by atoms with van der Waals surface area (Å²) < 4.78 is 0. The summed E-state index contributed by atoms with van der Waals surface area (Å²) in [6.07, 6.45) is 1.06. The topological polar surface area (TPSA) is 29.0 Å². The zero-order valence-electron chi connectivity index (χ0n) is 10.6. The fraction of sp³-hybridized carbons (Fsp3) is 0.286. The Morgan fingerprint density at radius 3 is 2.33 bits per heavy atom. The molecule has 1 aromatic heterocycles. The molecule has 0 aliphatic heterocycles. The van der Waals surface area contributed by atoms with Crippen molar-refractivity contribution in [2.75, 3.05) is 11.9 Å². The van der Waals surface area contributed by atoms with Gasteiger partial charge in [0, 0.05) is 12.7 Å². The number of halogens is 1. The maximum absolute atomic E-state index is 5.71. The standard InChI is InChI=1S/C14H16ClN3/c1-3-11-4-7-13(8-5-11)18(2)10-12-6-9-14(15)17-16-12/h4-9H,3,10H2,1-2H3. The van der Waals surface area contributed by atoms with Gasteiger partial charge in [0.25, 0.3) is 0 Å². The van der Waals surface area contributed by atoms with Crippen molar-refractivity contribution >= 4 is 17.3 Å². The molecule has 2 rings (SSSR count). The summed E-state index contributed by atoms with van der Waals surface area (Å²) in [5.74, 6) is 0. The van der Waals surface area contributed by atoms with Crippen LogP contribution in [0.15, 0.2) is 36.4 Å². The van der Waals surface area contributed by atoms with Crippen LogP contribution in [0.4, 0.5) is 5.69 Å². The first-order valence-corrected chi connectivity index (χ1v) is 6.35. The van der Waals surface area contributed by atoms with Gasteiger partial charge >= 0.3 is 0 Å². The first kappa shape index (κ1) is 12.8. The van der Waals surface area contributed by atoms with Crippen LogP contribution in [0.2, 0.25) is 5.15 Å². The van der Waals surface area contributed by atoms with Gasteiger partial charge in [-0.25, -0.2) is 0 Å². The van der Waals surface area contributed by atoms with Gasteiger partial charge in [0.1, 0.15) is 0 Å². The van der Waals surface area contributed by atoms with Gasteiger partial charge in [-0.2, -0.15) is 5.10 Å². The largest absolute Gasteiger partial charge is 0.369 e. The summed E-state index contributed by atoms with van der Waals surface area (Å²) in [7, 11) is 2.04. The minimum Gasteiger partial charge on any atom is -0.369 e. The van der Waals surface area contributed by atoms with Gasteiger partial charge in [-0.05, 0) is 36.2 Å². The molecule has 1 aromatic carbocycles. The van der Waals surface area contributed by atoms with Crippen molar-refractivity contribution in [3.8, 4) is 0 Å². The molecular weight excluding hydrogens is 246 g/mol. The molecular formula is C14H16ClN3. The highest BCUT2D eigenvalue weighted by atomic mass is 35.5. The molecule has 0 fully saturated rings. The fourth-order valence-corrected chi connectivity index (χ4v) is 1.85. The second-order valence-electron chi connectivity index (χ2n) is 4.22. The Hall–Kier alpha value is -1.61. The zero-order chi connectivity index (χ0) is 13.0. The van der Waals surface area contributed by atoms with Gasteiger partial charge in [0.15, 0.2) is 5.15 Å². The molecule has 4 heteroatoms. The second-order valence-corrected chi connectivity index (χ2v) is 4.61. The Morgan fingerprint density at radius 2 is 1.78 bits per heavy atom. The summed E-state index contributed by atoms with van der Waals surface area (Å²) >= 11 is 5.71. The quantitative estimate of drug-likeness (QED) is 0.845. The summed E-state index contributed by atoms with van der Waals surface area (Å²) in [6, 6.07) is 12.2. The van der Waals surface area contributed by atoms with E-state index in [-0.39, 0.29) is 0 Å². The summed E-state index contributed by atoms with van der Waals surface area (Å²) in [6.45, 7) is 2.87. The van der Waals surface area contributed by atoms with Crippen LogP contribution in [0, 0.1) is 0 Å². The van der Waals surface area contributed by atoms with Crippen LogP contribution in [0.3, 0.4) is 0 Å². The molecule has 0 N–H and O–H groups in total. The molecule has 0 atom stereocenters. The van der Waals surface area contributed by atoms with E-state index in [1.54, 1.807) is 6.07 Å². The summed E-state index contributed by atoms with van der Waals surface area (Å²) in [5.41, 5.74) is 3.42. The molecule has 0 saturated carbocycles. The summed E-state index contributed by atoms with van der Waals surface area (Å²) in [4.78, 5) is 2.14. The third-order valence-corrected chi connectivity index (χ3v) is 3.07. The molecule has 0 spiro atoms. The Balaban J connectivity index is 2.06. The highest BCUT2D eigenvalue weighted by Crippen LogP contribution is 2.16. The van der Waals surface area contributed by atoms with Crippen molar-refractivity contribution in [3.63, 3.8) is 0 Å². The van der Waals surface area contributed by atoms with Crippen molar-refractivity contribution in [1.82, 2.24) is 10.2 Å². The average Bonchev–Trinajstić information content (AvgIpc) is 2.41. The molecule has 3 nitrogen and oxygen atoms in total. The van der Waals surface area contributed by atoms with Gasteiger partial charge in [0.05, 0.1) is 12.2 Å². The van der Waals surface area contributed by atoms with E-state index in [4.69, 9.17) is 11.6 Å². The Morgan fingerprint density at radius 1 is 1.06 bits per heavy atom. The van der Waals surface area contributed by atoms with E-state index in [9.17, 15) is 0 Å². The van der Waals surface area contributed by atoms with Gasteiger partial charge in [-0.3, -0.25) is 0 Å². The van der Waals surface area contributed by atoms with Gasteiger partial charge in [-0.15, -0.1) is 5.10 Å². The van der Waals surface area contributed by atoms with E-state index >= 15 is 0 Å². The number of hydrogen-bond acceptors (Lipinski definition) is 3. The van der Waals surface area contributed by atoms with E-state index in [1.165, 1.54) is 11.3 Å². The average molecular weight is 262 g/mol. The van der Waals surface area contributed by atoms with E-state index in [0.717, 1.165) is 18.7 Å². The first-order valence-electron chi connectivity index (χ1n) is 5.97. The van der Waals surface area contributed by atoms with Crippen LogP contribution in [-0.4, -0.2) is 17.2 Å². The molecule has 0 unspecified atom stereocenters. The molecule has 0 amide bonds. The van der Waals surface area contributed by atoms with Crippen molar-refractivity contribution in [2.45, 2.75) is 19.9 Å². The van der Waals surface area contributed by atoms with Crippen LogP contribution >= 0.6 is 11.6 Å². The molecule has 0 saturated heterocycles. The molecule has 0 aliphatic rings. The number of rotatable bonds is 4. The number of benzene rings is 1. The predicted molar refractivity (Wildman–Crippen MR) is 75.0 cm³/mol. The lowest BCUT2D eigenvalue weighted by Gasteiger charge is -2.18. The molecule has 18 heavy (non-hydrogen) atoms. The lowest BCUT2D eigenvalue weighted by molar-refractivity contribution is 0.841. The Kier molecular flexibility index (Phi) is 4.15. The fourth-order valence-electron chi connectivity index (χ4n) is 1.75. The Labute approximate surface area is 112 Å². The lowest BCUT2D eigenvalue weighted by atomic mass is 10.1. The third kappa shape index (κ3) is 3.20. The number of aromatic nitrogens is 2. The maximum Gasteiger partial charge on any atom is 0.151 e. The SMILES string of the molecule is CCc1ccc(N(C)Cc2ccc(Cl)nn2)cc1. The number of anilines is 1. The van der Waals surface area contributed by atoms with Crippen molar-refractivity contribution in [2.24, 2.45) is 0 Å². The molecule has 1 heterocycles. The highest BCUT2D eigenvalue weighted by molar-refractivity contribution is 6.29. The molecule has 2 aromatic rings. The molecule has 0 aliphatic carbocycles. The molecule has 94 valence electrons. The first-order chi connectivity index (χ1) is 8.69.